The van der Waals surface area contributed by atoms with Gasteiger partial charge in [-0.3, -0.25) is 4.79 Å². The van der Waals surface area contributed by atoms with Crippen LogP contribution in [0.4, 0.5) is 5.69 Å². The molecule has 1 aromatic heterocycles. The summed E-state index contributed by atoms with van der Waals surface area (Å²) >= 11 is 1.63. The summed E-state index contributed by atoms with van der Waals surface area (Å²) in [7, 11) is 4.07. The fourth-order valence-corrected chi connectivity index (χ4v) is 4.80. The summed E-state index contributed by atoms with van der Waals surface area (Å²) in [5.74, 6) is 0.0469. The molecule has 0 atom stereocenters. The van der Waals surface area contributed by atoms with Crippen molar-refractivity contribution >= 4 is 29.0 Å². The molecule has 4 heteroatoms. The van der Waals surface area contributed by atoms with Crippen molar-refractivity contribution in [2.75, 3.05) is 25.5 Å². The zero-order valence-corrected chi connectivity index (χ0v) is 19.4. The first-order valence-electron chi connectivity index (χ1n) is 10.5. The van der Waals surface area contributed by atoms with E-state index in [-0.39, 0.29) is 5.91 Å². The summed E-state index contributed by atoms with van der Waals surface area (Å²) in [5.41, 5.74) is 8.33. The van der Waals surface area contributed by atoms with Gasteiger partial charge in [-0.1, -0.05) is 48.5 Å². The fourth-order valence-electron chi connectivity index (χ4n) is 3.94. The normalized spacial score (nSPS) is 15.0. The Morgan fingerprint density at radius 3 is 2.39 bits per heavy atom. The van der Waals surface area contributed by atoms with Crippen molar-refractivity contribution in [2.45, 2.75) is 20.3 Å². The topological polar surface area (TPSA) is 23.6 Å². The lowest BCUT2D eigenvalue weighted by atomic mass is 10.0. The van der Waals surface area contributed by atoms with Crippen LogP contribution in [0.1, 0.15) is 32.8 Å². The van der Waals surface area contributed by atoms with Crippen LogP contribution in [-0.2, 0) is 0 Å². The molecule has 0 aliphatic carbocycles. The molecule has 2 heterocycles. The van der Waals surface area contributed by atoms with Crippen molar-refractivity contribution in [3.05, 3.63) is 93.3 Å². The molecule has 3 nitrogen and oxygen atoms in total. The van der Waals surface area contributed by atoms with E-state index in [4.69, 9.17) is 0 Å². The Balaban J connectivity index is 1.59. The second-order valence-electron chi connectivity index (χ2n) is 8.26. The van der Waals surface area contributed by atoms with E-state index in [1.807, 2.05) is 25.9 Å². The van der Waals surface area contributed by atoms with E-state index < -0.39 is 0 Å². The monoisotopic (exact) mass is 428 g/mol. The number of nitrogens with zero attached hydrogens (tertiary/aromatic N) is 2. The largest absolute Gasteiger partial charge is 0.378 e. The van der Waals surface area contributed by atoms with E-state index in [0.29, 0.717) is 6.54 Å². The van der Waals surface area contributed by atoms with Crippen molar-refractivity contribution < 1.29 is 4.79 Å². The molecule has 0 N–H and O–H groups in total. The van der Waals surface area contributed by atoms with E-state index in [0.717, 1.165) is 44.8 Å². The van der Waals surface area contributed by atoms with Gasteiger partial charge in [0.15, 0.2) is 0 Å². The van der Waals surface area contributed by atoms with E-state index in [2.05, 4.69) is 78.4 Å². The molecule has 0 spiro atoms. The Hall–Kier alpha value is -3.11. The van der Waals surface area contributed by atoms with Crippen LogP contribution >= 0.6 is 11.3 Å². The molecule has 0 bridgehead atoms. The summed E-state index contributed by atoms with van der Waals surface area (Å²) in [6.45, 7) is 9.03. The highest BCUT2D eigenvalue weighted by molar-refractivity contribution is 7.10. The van der Waals surface area contributed by atoms with Crippen LogP contribution in [0.2, 0.25) is 0 Å². The fraction of sp³-hybridized carbons (Fsp3) is 0.222. The maximum atomic E-state index is 13.6. The van der Waals surface area contributed by atoms with E-state index in [1.54, 1.807) is 11.3 Å². The number of hydrogen-bond donors (Lipinski definition) is 0. The van der Waals surface area contributed by atoms with Gasteiger partial charge in [-0.25, -0.2) is 0 Å². The molecule has 1 aliphatic heterocycles. The summed E-state index contributed by atoms with van der Waals surface area (Å²) in [4.78, 5) is 18.5. The Morgan fingerprint density at radius 1 is 1.06 bits per heavy atom. The zero-order valence-electron chi connectivity index (χ0n) is 18.6. The molecule has 3 aromatic rings. The molecule has 31 heavy (non-hydrogen) atoms. The number of likely N-dealkylation sites (tertiary alicyclic amines) is 1. The Labute approximate surface area is 188 Å². The van der Waals surface area contributed by atoms with Gasteiger partial charge in [0.25, 0.3) is 5.91 Å². The van der Waals surface area contributed by atoms with Gasteiger partial charge in [0.05, 0.1) is 5.56 Å². The first-order chi connectivity index (χ1) is 14.8. The third-order valence-electron chi connectivity index (χ3n) is 5.85. The highest BCUT2D eigenvalue weighted by Gasteiger charge is 2.30. The van der Waals surface area contributed by atoms with Crippen molar-refractivity contribution in [1.82, 2.24) is 4.90 Å². The maximum absolute atomic E-state index is 13.6. The number of aryl methyl sites for hydroxylation is 2. The molecule has 1 fully saturated rings. The average molecular weight is 429 g/mol. The van der Waals surface area contributed by atoms with Gasteiger partial charge in [0.2, 0.25) is 0 Å². The smallest absolute Gasteiger partial charge is 0.260 e. The highest BCUT2D eigenvalue weighted by atomic mass is 32.1. The minimum atomic E-state index is 0.0469. The van der Waals surface area contributed by atoms with Gasteiger partial charge in [0.1, 0.15) is 0 Å². The number of rotatable bonds is 4. The zero-order chi connectivity index (χ0) is 22.1. The molecule has 4 rings (SSSR count). The Bertz CT molecular complexity index is 1150. The average Bonchev–Trinajstić information content (AvgIpc) is 3.31. The number of anilines is 1. The first kappa shape index (κ1) is 21.1. The number of carbonyl (C=O) groups is 1. The van der Waals surface area contributed by atoms with Crippen LogP contribution in [0.15, 0.2) is 71.8 Å². The second-order valence-corrected chi connectivity index (χ2v) is 9.34. The first-order valence-corrected chi connectivity index (χ1v) is 11.4. The predicted octanol–water partition coefficient (Wildman–Crippen LogP) is 6.54. The Kier molecular flexibility index (Phi) is 5.84. The third-order valence-corrected chi connectivity index (χ3v) is 6.76. The van der Waals surface area contributed by atoms with Crippen molar-refractivity contribution in [3.8, 4) is 11.1 Å². The minimum absolute atomic E-state index is 0.0469. The van der Waals surface area contributed by atoms with E-state index in [1.165, 1.54) is 11.3 Å². The van der Waals surface area contributed by atoms with Gasteiger partial charge in [-0.2, -0.15) is 0 Å². The summed E-state index contributed by atoms with van der Waals surface area (Å²) in [6, 6.07) is 16.8. The summed E-state index contributed by atoms with van der Waals surface area (Å²) < 4.78 is 0. The Morgan fingerprint density at radius 2 is 1.74 bits per heavy atom. The minimum Gasteiger partial charge on any atom is -0.378 e. The molecule has 0 unspecified atom stereocenters. The molecular weight excluding hydrogens is 400 g/mol. The van der Waals surface area contributed by atoms with Crippen LogP contribution in [0, 0.1) is 13.8 Å². The van der Waals surface area contributed by atoms with E-state index in [9.17, 15) is 4.79 Å². The predicted molar refractivity (Wildman–Crippen MR) is 133 cm³/mol. The van der Waals surface area contributed by atoms with Crippen LogP contribution in [0.3, 0.4) is 0 Å². The van der Waals surface area contributed by atoms with Crippen LogP contribution in [0.25, 0.3) is 17.2 Å². The van der Waals surface area contributed by atoms with Gasteiger partial charge in [-0.15, -0.1) is 11.3 Å². The van der Waals surface area contributed by atoms with Crippen molar-refractivity contribution in [1.29, 1.82) is 0 Å². The lowest BCUT2D eigenvalue weighted by Gasteiger charge is -2.18. The van der Waals surface area contributed by atoms with E-state index >= 15 is 0 Å². The molecule has 0 saturated carbocycles. The van der Waals surface area contributed by atoms with Gasteiger partial charge in [0, 0.05) is 42.5 Å². The van der Waals surface area contributed by atoms with Crippen molar-refractivity contribution in [3.63, 3.8) is 0 Å². The maximum Gasteiger partial charge on any atom is 0.260 e. The standard InChI is InChI=1S/C27H28N2OS/c1-18-6-10-22(11-7-18)25-17-31-20(3)26(25)27(30)29-15-14-23(19(29)2)16-21-8-12-24(13-9-21)28(4)5/h6-13,16-17H,2,14-15H2,1,3-5H3/b23-16+. The van der Waals surface area contributed by atoms with Gasteiger partial charge in [-0.05, 0) is 60.6 Å². The highest BCUT2D eigenvalue weighted by Crippen LogP contribution is 2.36. The summed E-state index contributed by atoms with van der Waals surface area (Å²) in [5, 5.41) is 2.09. The van der Waals surface area contributed by atoms with Crippen LogP contribution in [-0.4, -0.2) is 31.4 Å². The quantitative estimate of drug-likeness (QED) is 0.471. The summed E-state index contributed by atoms with van der Waals surface area (Å²) in [6.07, 6.45) is 2.97. The van der Waals surface area contributed by atoms with Gasteiger partial charge >= 0.3 is 0 Å². The second kappa shape index (κ2) is 8.56. The lowest BCUT2D eigenvalue weighted by molar-refractivity contribution is 0.0827. The molecular formula is C27H28N2OS. The lowest BCUT2D eigenvalue weighted by Crippen LogP contribution is -2.26. The molecule has 1 amide bonds. The number of benzene rings is 2. The number of hydrogen-bond acceptors (Lipinski definition) is 3. The number of carbonyl (C=O) groups excluding carboxylic acids is 1. The molecule has 1 aliphatic rings. The number of amides is 1. The van der Waals surface area contributed by atoms with Crippen molar-refractivity contribution in [2.24, 2.45) is 0 Å². The van der Waals surface area contributed by atoms with Crippen LogP contribution < -0.4 is 4.90 Å². The third kappa shape index (κ3) is 4.21. The molecule has 2 aromatic carbocycles. The number of allylic oxidation sites excluding steroid dienone is 1. The molecule has 158 valence electrons. The van der Waals surface area contributed by atoms with Gasteiger partial charge < -0.3 is 9.80 Å². The number of thiophene rings is 1. The molecule has 1 saturated heterocycles. The SMILES string of the molecule is C=C1/C(=C/c2ccc(N(C)C)cc2)CCN1C(=O)c1c(-c2ccc(C)cc2)csc1C. The van der Waals surface area contributed by atoms with Crippen LogP contribution in [0.5, 0.6) is 0 Å². The molecule has 0 radical (unpaired) electrons.